The highest BCUT2D eigenvalue weighted by Gasteiger charge is 2.11. The molecule has 0 bridgehead atoms. The molecule has 0 atom stereocenters. The number of hydrogen-bond donors (Lipinski definition) is 1. The van der Waals surface area contributed by atoms with Crippen molar-refractivity contribution in [1.82, 2.24) is 5.48 Å². The van der Waals surface area contributed by atoms with E-state index in [1.165, 1.54) is 12.7 Å². The number of hydroxylamine groups is 1. The quantitative estimate of drug-likeness (QED) is 0.851. The zero-order chi connectivity index (χ0) is 14.4. The lowest BCUT2D eigenvalue weighted by atomic mass is 10.1. The molecule has 0 aliphatic heterocycles. The van der Waals surface area contributed by atoms with Crippen molar-refractivity contribution < 1.29 is 14.4 Å². The fraction of sp³-hybridized carbons (Fsp3) is 0.188. The fourth-order valence-electron chi connectivity index (χ4n) is 1.89. The smallest absolute Gasteiger partial charge is 0.278 e. The van der Waals surface area contributed by atoms with Gasteiger partial charge < -0.3 is 4.74 Å². The molecule has 1 N–H and O–H groups in total. The van der Waals surface area contributed by atoms with Crippen molar-refractivity contribution in [3.05, 3.63) is 65.2 Å². The largest absolute Gasteiger partial charge is 0.488 e. The fourth-order valence-corrected chi connectivity index (χ4v) is 1.89. The third-order valence-electron chi connectivity index (χ3n) is 2.80. The summed E-state index contributed by atoms with van der Waals surface area (Å²) in [5, 5.41) is 0. The van der Waals surface area contributed by atoms with Gasteiger partial charge in [-0.1, -0.05) is 42.0 Å². The van der Waals surface area contributed by atoms with E-state index in [1.54, 1.807) is 18.2 Å². The van der Waals surface area contributed by atoms with Crippen LogP contribution >= 0.6 is 0 Å². The van der Waals surface area contributed by atoms with Crippen molar-refractivity contribution in [3.63, 3.8) is 0 Å². The van der Waals surface area contributed by atoms with Gasteiger partial charge in [0.1, 0.15) is 12.4 Å². The van der Waals surface area contributed by atoms with Crippen LogP contribution in [0.4, 0.5) is 0 Å². The first kappa shape index (κ1) is 14.1. The summed E-state index contributed by atoms with van der Waals surface area (Å²) in [4.78, 5) is 16.5. The summed E-state index contributed by atoms with van der Waals surface area (Å²) in [5.74, 6) is 0.205. The van der Waals surface area contributed by atoms with Crippen LogP contribution < -0.4 is 10.2 Å². The number of hydrogen-bond acceptors (Lipinski definition) is 3. The Balaban J connectivity index is 2.11. The molecule has 0 saturated carbocycles. The number of ether oxygens (including phenoxy) is 1. The first-order chi connectivity index (χ1) is 9.70. The molecule has 104 valence electrons. The number of nitrogens with one attached hydrogen (secondary N) is 1. The van der Waals surface area contributed by atoms with E-state index < -0.39 is 0 Å². The SMILES string of the molecule is CONC(=O)c1ccccc1OCc1cccc(C)c1. The molecule has 4 nitrogen and oxygen atoms in total. The molecular formula is C16H17NO3. The number of amides is 1. The summed E-state index contributed by atoms with van der Waals surface area (Å²) in [7, 11) is 1.40. The van der Waals surface area contributed by atoms with Gasteiger partial charge in [-0.15, -0.1) is 0 Å². The van der Waals surface area contributed by atoms with Gasteiger partial charge in [0.2, 0.25) is 0 Å². The van der Waals surface area contributed by atoms with Crippen LogP contribution in [-0.2, 0) is 11.4 Å². The van der Waals surface area contributed by atoms with Gasteiger partial charge >= 0.3 is 0 Å². The lowest BCUT2D eigenvalue weighted by molar-refractivity contribution is 0.0533. The number of benzene rings is 2. The maximum absolute atomic E-state index is 11.8. The molecule has 0 fully saturated rings. The molecule has 0 aromatic heterocycles. The van der Waals surface area contributed by atoms with E-state index in [0.29, 0.717) is 17.9 Å². The summed E-state index contributed by atoms with van der Waals surface area (Å²) in [6.45, 7) is 2.45. The highest BCUT2D eigenvalue weighted by Crippen LogP contribution is 2.19. The number of carbonyl (C=O) groups is 1. The van der Waals surface area contributed by atoms with Crippen molar-refractivity contribution in [2.24, 2.45) is 0 Å². The summed E-state index contributed by atoms with van der Waals surface area (Å²) in [5.41, 5.74) is 4.98. The third kappa shape index (κ3) is 3.59. The van der Waals surface area contributed by atoms with Gasteiger partial charge in [0.25, 0.3) is 5.91 Å². The lowest BCUT2D eigenvalue weighted by Gasteiger charge is -2.11. The normalized spacial score (nSPS) is 10.1. The van der Waals surface area contributed by atoms with Crippen molar-refractivity contribution in [2.45, 2.75) is 13.5 Å². The number of para-hydroxylation sites is 1. The monoisotopic (exact) mass is 271 g/mol. The van der Waals surface area contributed by atoms with E-state index in [0.717, 1.165) is 5.56 Å². The molecule has 4 heteroatoms. The molecule has 0 unspecified atom stereocenters. The second kappa shape index (κ2) is 6.73. The zero-order valence-electron chi connectivity index (χ0n) is 11.6. The molecule has 0 heterocycles. The molecule has 2 aromatic rings. The van der Waals surface area contributed by atoms with E-state index >= 15 is 0 Å². The first-order valence-electron chi connectivity index (χ1n) is 6.31. The predicted octanol–water partition coefficient (Wildman–Crippen LogP) is 2.87. The van der Waals surface area contributed by atoms with Gasteiger partial charge in [-0.3, -0.25) is 9.63 Å². The van der Waals surface area contributed by atoms with Crippen molar-refractivity contribution in [2.75, 3.05) is 7.11 Å². The van der Waals surface area contributed by atoms with Crippen LogP contribution in [0.1, 0.15) is 21.5 Å². The summed E-state index contributed by atoms with van der Waals surface area (Å²) < 4.78 is 5.73. The van der Waals surface area contributed by atoms with Gasteiger partial charge in [-0.2, -0.15) is 0 Å². The highest BCUT2D eigenvalue weighted by molar-refractivity contribution is 5.96. The Bertz CT molecular complexity index is 596. The number of rotatable bonds is 5. The van der Waals surface area contributed by atoms with Crippen molar-refractivity contribution >= 4 is 5.91 Å². The molecule has 0 aliphatic rings. The Labute approximate surface area is 118 Å². The zero-order valence-corrected chi connectivity index (χ0v) is 11.6. The molecule has 0 aliphatic carbocycles. The summed E-state index contributed by atoms with van der Waals surface area (Å²) in [6, 6.07) is 15.1. The highest BCUT2D eigenvalue weighted by atomic mass is 16.6. The Kier molecular flexibility index (Phi) is 4.74. The molecule has 20 heavy (non-hydrogen) atoms. The minimum Gasteiger partial charge on any atom is -0.488 e. The number of aryl methyl sites for hydroxylation is 1. The second-order valence-electron chi connectivity index (χ2n) is 4.41. The predicted molar refractivity (Wildman–Crippen MR) is 76.4 cm³/mol. The van der Waals surface area contributed by atoms with Gasteiger partial charge in [0.05, 0.1) is 12.7 Å². The Morgan fingerprint density at radius 2 is 1.95 bits per heavy atom. The Morgan fingerprint density at radius 3 is 2.70 bits per heavy atom. The maximum atomic E-state index is 11.8. The molecule has 0 saturated heterocycles. The Hall–Kier alpha value is -2.33. The van der Waals surface area contributed by atoms with Crippen molar-refractivity contribution in [1.29, 1.82) is 0 Å². The Morgan fingerprint density at radius 1 is 1.15 bits per heavy atom. The van der Waals surface area contributed by atoms with Gasteiger partial charge in [0.15, 0.2) is 0 Å². The topological polar surface area (TPSA) is 47.6 Å². The van der Waals surface area contributed by atoms with E-state index in [-0.39, 0.29) is 5.91 Å². The average Bonchev–Trinajstić information content (AvgIpc) is 2.46. The average molecular weight is 271 g/mol. The van der Waals surface area contributed by atoms with Gasteiger partial charge in [-0.05, 0) is 24.6 Å². The standard InChI is InChI=1S/C16H17NO3/c1-12-6-5-7-13(10-12)11-20-15-9-4-3-8-14(15)16(18)17-19-2/h3-10H,11H2,1-2H3,(H,17,18). The number of carbonyl (C=O) groups excluding carboxylic acids is 1. The third-order valence-corrected chi connectivity index (χ3v) is 2.80. The van der Waals surface area contributed by atoms with E-state index in [4.69, 9.17) is 4.74 Å². The van der Waals surface area contributed by atoms with Crippen LogP contribution in [0.2, 0.25) is 0 Å². The minimum absolute atomic E-state index is 0.327. The molecule has 2 aromatic carbocycles. The van der Waals surface area contributed by atoms with Crippen molar-refractivity contribution in [3.8, 4) is 5.75 Å². The van der Waals surface area contributed by atoms with E-state index in [1.807, 2.05) is 31.2 Å². The minimum atomic E-state index is -0.327. The van der Waals surface area contributed by atoms with Crippen LogP contribution in [0.5, 0.6) is 5.75 Å². The van der Waals surface area contributed by atoms with E-state index in [9.17, 15) is 4.79 Å². The van der Waals surface area contributed by atoms with Crippen LogP contribution in [0, 0.1) is 6.92 Å². The van der Waals surface area contributed by atoms with Gasteiger partial charge in [-0.25, -0.2) is 5.48 Å². The molecule has 0 radical (unpaired) electrons. The molecule has 0 spiro atoms. The molecule has 2 rings (SSSR count). The molecular weight excluding hydrogens is 254 g/mol. The van der Waals surface area contributed by atoms with Crippen LogP contribution in [-0.4, -0.2) is 13.0 Å². The van der Waals surface area contributed by atoms with E-state index in [2.05, 4.69) is 16.4 Å². The maximum Gasteiger partial charge on any atom is 0.278 e. The van der Waals surface area contributed by atoms with Crippen LogP contribution in [0.25, 0.3) is 0 Å². The van der Waals surface area contributed by atoms with Crippen LogP contribution in [0.15, 0.2) is 48.5 Å². The molecule has 1 amide bonds. The van der Waals surface area contributed by atoms with Crippen LogP contribution in [0.3, 0.4) is 0 Å². The lowest BCUT2D eigenvalue weighted by Crippen LogP contribution is -2.22. The second-order valence-corrected chi connectivity index (χ2v) is 4.41. The summed E-state index contributed by atoms with van der Waals surface area (Å²) >= 11 is 0. The summed E-state index contributed by atoms with van der Waals surface area (Å²) in [6.07, 6.45) is 0. The van der Waals surface area contributed by atoms with Gasteiger partial charge in [0, 0.05) is 0 Å². The first-order valence-corrected chi connectivity index (χ1v) is 6.31.